The number of methoxy groups -OCH3 is 2. The fraction of sp³-hybridized carbons (Fsp3) is 0.118. The van der Waals surface area contributed by atoms with E-state index in [9.17, 15) is 9.59 Å². The summed E-state index contributed by atoms with van der Waals surface area (Å²) >= 11 is 3.28. The smallest absolute Gasteiger partial charge is 0.329 e. The summed E-state index contributed by atoms with van der Waals surface area (Å²) < 4.78 is 11.1. The van der Waals surface area contributed by atoms with E-state index in [2.05, 4.69) is 31.8 Å². The second-order valence-electron chi connectivity index (χ2n) is 4.77. The van der Waals surface area contributed by atoms with Crippen LogP contribution in [0.1, 0.15) is 5.56 Å². The predicted octanol–water partition coefficient (Wildman–Crippen LogP) is 2.56. The topological polar surface area (TPSA) is 89.0 Å². The molecule has 0 aliphatic heterocycles. The molecular weight excluding hydrogens is 390 g/mol. The van der Waals surface area contributed by atoms with E-state index in [1.165, 1.54) is 13.3 Å². The van der Waals surface area contributed by atoms with Gasteiger partial charge in [0.05, 0.1) is 20.4 Å². The summed E-state index contributed by atoms with van der Waals surface area (Å²) in [5.41, 5.74) is 3.28. The molecule has 0 aliphatic carbocycles. The van der Waals surface area contributed by atoms with Crippen molar-refractivity contribution in [2.75, 3.05) is 19.5 Å². The van der Waals surface area contributed by atoms with E-state index in [1.54, 1.807) is 43.5 Å². The van der Waals surface area contributed by atoms with Crippen molar-refractivity contribution in [1.82, 2.24) is 5.43 Å². The second-order valence-corrected chi connectivity index (χ2v) is 5.69. The van der Waals surface area contributed by atoms with E-state index >= 15 is 0 Å². The van der Waals surface area contributed by atoms with Gasteiger partial charge in [-0.3, -0.25) is 9.59 Å². The second kappa shape index (κ2) is 8.84. The first-order chi connectivity index (χ1) is 12.0. The summed E-state index contributed by atoms with van der Waals surface area (Å²) in [7, 11) is 3.06. The van der Waals surface area contributed by atoms with Crippen molar-refractivity contribution in [3.8, 4) is 11.5 Å². The van der Waals surface area contributed by atoms with Gasteiger partial charge >= 0.3 is 11.8 Å². The van der Waals surface area contributed by atoms with Crippen LogP contribution in [0.15, 0.2) is 52.0 Å². The quantitative estimate of drug-likeness (QED) is 0.454. The van der Waals surface area contributed by atoms with Gasteiger partial charge in [-0.25, -0.2) is 5.43 Å². The Morgan fingerprint density at radius 2 is 1.88 bits per heavy atom. The summed E-state index contributed by atoms with van der Waals surface area (Å²) in [5.74, 6) is -0.553. The highest BCUT2D eigenvalue weighted by Crippen LogP contribution is 2.23. The Morgan fingerprint density at radius 3 is 2.56 bits per heavy atom. The van der Waals surface area contributed by atoms with Crippen LogP contribution in [-0.2, 0) is 9.59 Å². The number of hydrogen-bond acceptors (Lipinski definition) is 5. The number of hydrazone groups is 1. The molecule has 7 nitrogen and oxygen atoms in total. The lowest BCUT2D eigenvalue weighted by atomic mass is 10.2. The van der Waals surface area contributed by atoms with Gasteiger partial charge in [0.1, 0.15) is 11.5 Å². The van der Waals surface area contributed by atoms with Crippen LogP contribution < -0.4 is 20.2 Å². The van der Waals surface area contributed by atoms with E-state index < -0.39 is 11.8 Å². The van der Waals surface area contributed by atoms with Crippen LogP contribution in [0.25, 0.3) is 0 Å². The zero-order valence-electron chi connectivity index (χ0n) is 13.6. The van der Waals surface area contributed by atoms with Gasteiger partial charge in [0.15, 0.2) is 0 Å². The lowest BCUT2D eigenvalue weighted by Crippen LogP contribution is -2.32. The third-order valence-electron chi connectivity index (χ3n) is 3.10. The number of rotatable bonds is 5. The van der Waals surface area contributed by atoms with E-state index in [1.807, 2.05) is 6.07 Å². The zero-order chi connectivity index (χ0) is 18.2. The summed E-state index contributed by atoms with van der Waals surface area (Å²) in [4.78, 5) is 23.6. The highest BCUT2D eigenvalue weighted by atomic mass is 79.9. The molecule has 0 spiro atoms. The standard InChI is InChI=1S/C17H16BrN3O4/c1-24-14-7-6-11(15(9-14)25-2)10-19-21-17(23)16(22)20-13-5-3-4-12(18)8-13/h3-10H,1-2H3,(H,20,22)(H,21,23)/b19-10-. The number of nitrogens with zero attached hydrogens (tertiary/aromatic N) is 1. The molecule has 0 aliphatic rings. The molecule has 0 saturated heterocycles. The van der Waals surface area contributed by atoms with Crippen molar-refractivity contribution in [3.63, 3.8) is 0 Å². The number of hydrogen-bond donors (Lipinski definition) is 2. The number of anilines is 1. The predicted molar refractivity (Wildman–Crippen MR) is 98.1 cm³/mol. The van der Waals surface area contributed by atoms with Crippen molar-refractivity contribution >= 4 is 39.6 Å². The fourth-order valence-electron chi connectivity index (χ4n) is 1.89. The molecule has 0 unspecified atom stereocenters. The third kappa shape index (κ3) is 5.32. The van der Waals surface area contributed by atoms with Gasteiger partial charge in [-0.05, 0) is 30.3 Å². The fourth-order valence-corrected chi connectivity index (χ4v) is 2.29. The molecule has 0 fully saturated rings. The Morgan fingerprint density at radius 1 is 1.08 bits per heavy atom. The molecule has 2 amide bonds. The molecule has 8 heteroatoms. The third-order valence-corrected chi connectivity index (χ3v) is 3.59. The molecule has 0 aromatic heterocycles. The Hall–Kier alpha value is -2.87. The van der Waals surface area contributed by atoms with Crippen molar-refractivity contribution in [1.29, 1.82) is 0 Å². The molecule has 130 valence electrons. The van der Waals surface area contributed by atoms with E-state index in [0.29, 0.717) is 22.7 Å². The average Bonchev–Trinajstić information content (AvgIpc) is 2.61. The molecule has 2 aromatic rings. The number of amides is 2. The first-order valence-electron chi connectivity index (χ1n) is 7.15. The summed E-state index contributed by atoms with van der Waals surface area (Å²) in [6.07, 6.45) is 1.38. The van der Waals surface area contributed by atoms with Crippen LogP contribution in [0.5, 0.6) is 11.5 Å². The van der Waals surface area contributed by atoms with Crippen LogP contribution in [0.3, 0.4) is 0 Å². The molecule has 0 radical (unpaired) electrons. The van der Waals surface area contributed by atoms with Gasteiger partial charge in [0.2, 0.25) is 0 Å². The zero-order valence-corrected chi connectivity index (χ0v) is 15.2. The van der Waals surface area contributed by atoms with Gasteiger partial charge in [0.25, 0.3) is 0 Å². The van der Waals surface area contributed by atoms with Crippen LogP contribution in [0, 0.1) is 0 Å². The first kappa shape index (κ1) is 18.5. The maximum absolute atomic E-state index is 11.8. The van der Waals surface area contributed by atoms with Gasteiger partial charge in [-0.2, -0.15) is 5.10 Å². The molecule has 0 saturated carbocycles. The molecule has 0 bridgehead atoms. The minimum Gasteiger partial charge on any atom is -0.497 e. The lowest BCUT2D eigenvalue weighted by Gasteiger charge is -2.07. The van der Waals surface area contributed by atoms with Gasteiger partial charge < -0.3 is 14.8 Å². The lowest BCUT2D eigenvalue weighted by molar-refractivity contribution is -0.136. The summed E-state index contributed by atoms with van der Waals surface area (Å²) in [6, 6.07) is 12.0. The van der Waals surface area contributed by atoms with E-state index in [-0.39, 0.29) is 0 Å². The molecule has 0 atom stereocenters. The van der Waals surface area contributed by atoms with Crippen LogP contribution in [0.4, 0.5) is 5.69 Å². The first-order valence-corrected chi connectivity index (χ1v) is 7.94. The SMILES string of the molecule is COc1ccc(/C=N\NC(=O)C(=O)Nc2cccc(Br)c2)c(OC)c1. The van der Waals surface area contributed by atoms with Gasteiger partial charge in [-0.1, -0.05) is 22.0 Å². The highest BCUT2D eigenvalue weighted by molar-refractivity contribution is 9.10. The minimum atomic E-state index is -0.885. The maximum Gasteiger partial charge on any atom is 0.329 e. The van der Waals surface area contributed by atoms with E-state index in [0.717, 1.165) is 4.47 Å². The number of ether oxygens (including phenoxy) is 2. The Balaban J connectivity index is 1.97. The number of carbonyl (C=O) groups excluding carboxylic acids is 2. The van der Waals surface area contributed by atoms with Crippen molar-refractivity contribution in [2.45, 2.75) is 0 Å². The summed E-state index contributed by atoms with van der Waals surface area (Å²) in [5, 5.41) is 6.24. The monoisotopic (exact) mass is 405 g/mol. The largest absolute Gasteiger partial charge is 0.497 e. The van der Waals surface area contributed by atoms with Crippen LogP contribution >= 0.6 is 15.9 Å². The Labute approximate surface area is 153 Å². The molecule has 0 heterocycles. The average molecular weight is 406 g/mol. The normalized spacial score (nSPS) is 10.4. The van der Waals surface area contributed by atoms with E-state index in [4.69, 9.17) is 9.47 Å². The van der Waals surface area contributed by atoms with Gasteiger partial charge in [0, 0.05) is 21.8 Å². The number of benzene rings is 2. The van der Waals surface area contributed by atoms with Crippen molar-refractivity contribution in [2.24, 2.45) is 5.10 Å². The van der Waals surface area contributed by atoms with Crippen LogP contribution in [0.2, 0.25) is 0 Å². The molecule has 2 aromatic carbocycles. The van der Waals surface area contributed by atoms with Crippen molar-refractivity contribution < 1.29 is 19.1 Å². The summed E-state index contributed by atoms with van der Waals surface area (Å²) in [6.45, 7) is 0. The number of halogens is 1. The Bertz CT molecular complexity index is 808. The molecule has 2 rings (SSSR count). The van der Waals surface area contributed by atoms with Crippen molar-refractivity contribution in [3.05, 3.63) is 52.5 Å². The Kier molecular flexibility index (Phi) is 6.53. The maximum atomic E-state index is 11.8. The molecule has 2 N–H and O–H groups in total. The van der Waals surface area contributed by atoms with Gasteiger partial charge in [-0.15, -0.1) is 0 Å². The number of nitrogens with one attached hydrogen (secondary N) is 2. The van der Waals surface area contributed by atoms with Crippen LogP contribution in [-0.4, -0.2) is 32.2 Å². The minimum absolute atomic E-state index is 0.496. The number of carbonyl (C=O) groups is 2. The molecular formula is C17H16BrN3O4. The molecule has 25 heavy (non-hydrogen) atoms. The highest BCUT2D eigenvalue weighted by Gasteiger charge is 2.13.